The Morgan fingerprint density at radius 3 is 2.06 bits per heavy atom. The van der Waals surface area contributed by atoms with Crippen LogP contribution in [0.1, 0.15) is 87.2 Å². The predicted molar refractivity (Wildman–Crippen MR) is 136 cm³/mol. The Morgan fingerprint density at radius 2 is 1.42 bits per heavy atom. The number of alkyl halides is 1. The highest BCUT2D eigenvalue weighted by Crippen LogP contribution is 2.43. The van der Waals surface area contributed by atoms with E-state index in [0.717, 1.165) is 25.1 Å². The Bertz CT molecular complexity index is 838. The summed E-state index contributed by atoms with van der Waals surface area (Å²) in [6, 6.07) is 9.24. The van der Waals surface area contributed by atoms with Crippen LogP contribution in [-0.2, 0) is 19.3 Å². The van der Waals surface area contributed by atoms with Crippen LogP contribution in [0.2, 0.25) is 0 Å². The van der Waals surface area contributed by atoms with Crippen LogP contribution < -0.4 is 0 Å². The number of benzene rings is 1. The zero-order chi connectivity index (χ0) is 21.9. The highest BCUT2D eigenvalue weighted by Gasteiger charge is 2.34. The first-order chi connectivity index (χ1) is 15.1. The molecule has 1 heterocycles. The van der Waals surface area contributed by atoms with Gasteiger partial charge in [0.25, 0.3) is 0 Å². The van der Waals surface area contributed by atoms with Crippen LogP contribution in [0, 0.1) is 0 Å². The topological polar surface area (TPSA) is 25.8 Å². The van der Waals surface area contributed by atoms with Crippen LogP contribution in [-0.4, -0.2) is 14.3 Å². The molecule has 1 aliphatic rings. The molecule has 0 bridgehead atoms. The zero-order valence-corrected chi connectivity index (χ0v) is 20.8. The molecule has 0 saturated heterocycles. The van der Waals surface area contributed by atoms with E-state index in [2.05, 4.69) is 88.3 Å². The summed E-state index contributed by atoms with van der Waals surface area (Å²) in [5.41, 5.74) is 4.05. The van der Waals surface area contributed by atoms with Gasteiger partial charge in [0, 0.05) is 24.7 Å². The molecule has 3 heteroatoms. The first-order valence-corrected chi connectivity index (χ1v) is 12.9. The summed E-state index contributed by atoms with van der Waals surface area (Å²) < 4.78 is -0.103. The maximum absolute atomic E-state index is 4.66. The van der Waals surface area contributed by atoms with E-state index >= 15 is 0 Å². The summed E-state index contributed by atoms with van der Waals surface area (Å²) in [6.45, 7) is 4.49. The van der Waals surface area contributed by atoms with Crippen molar-refractivity contribution in [3.63, 3.8) is 0 Å². The number of halogens is 1. The molecule has 1 aliphatic carbocycles. The molecular formula is C28H37BrN2. The van der Waals surface area contributed by atoms with Crippen LogP contribution >= 0.6 is 15.9 Å². The first kappa shape index (κ1) is 23.9. The lowest BCUT2D eigenvalue weighted by Crippen LogP contribution is -2.29. The molecule has 2 aromatic rings. The molecule has 0 aliphatic heterocycles. The van der Waals surface area contributed by atoms with E-state index in [1.54, 1.807) is 0 Å². The SMILES string of the molecule is CCCCCc1ccc(CCC2(Br)C=CC=CC2c2cnc(CCCCC)nc2)cc1. The normalized spacial score (nSPS) is 20.3. The maximum atomic E-state index is 4.66. The van der Waals surface area contributed by atoms with E-state index in [4.69, 9.17) is 0 Å². The second-order valence-electron chi connectivity index (χ2n) is 8.81. The smallest absolute Gasteiger partial charge is 0.128 e. The minimum Gasteiger partial charge on any atom is -0.241 e. The van der Waals surface area contributed by atoms with Crippen molar-refractivity contribution in [2.45, 2.75) is 88.3 Å². The maximum Gasteiger partial charge on any atom is 0.128 e. The van der Waals surface area contributed by atoms with Gasteiger partial charge in [-0.1, -0.05) is 104 Å². The Hall–Kier alpha value is -1.74. The van der Waals surface area contributed by atoms with E-state index < -0.39 is 0 Å². The fourth-order valence-electron chi connectivity index (χ4n) is 4.26. The fourth-order valence-corrected chi connectivity index (χ4v) is 5.02. The molecule has 0 saturated carbocycles. The van der Waals surface area contributed by atoms with Gasteiger partial charge in [0.1, 0.15) is 5.82 Å². The van der Waals surface area contributed by atoms with Crippen LogP contribution in [0.15, 0.2) is 61.0 Å². The molecule has 1 aromatic heterocycles. The number of hydrogen-bond acceptors (Lipinski definition) is 2. The van der Waals surface area contributed by atoms with Gasteiger partial charge in [-0.2, -0.15) is 0 Å². The van der Waals surface area contributed by atoms with Crippen molar-refractivity contribution in [3.8, 4) is 0 Å². The highest BCUT2D eigenvalue weighted by atomic mass is 79.9. The van der Waals surface area contributed by atoms with Gasteiger partial charge in [0.2, 0.25) is 0 Å². The highest BCUT2D eigenvalue weighted by molar-refractivity contribution is 9.10. The van der Waals surface area contributed by atoms with Crippen molar-refractivity contribution >= 4 is 15.9 Å². The average molecular weight is 482 g/mol. The fraction of sp³-hybridized carbons (Fsp3) is 0.500. The minimum atomic E-state index is -0.103. The number of aromatic nitrogens is 2. The van der Waals surface area contributed by atoms with Crippen LogP contribution in [0.25, 0.3) is 0 Å². The van der Waals surface area contributed by atoms with Gasteiger partial charge in [-0.25, -0.2) is 9.97 Å². The van der Waals surface area contributed by atoms with Crippen molar-refractivity contribution in [2.75, 3.05) is 0 Å². The lowest BCUT2D eigenvalue weighted by atomic mass is 9.80. The molecule has 2 nitrogen and oxygen atoms in total. The monoisotopic (exact) mass is 480 g/mol. The molecule has 166 valence electrons. The molecule has 0 fully saturated rings. The summed E-state index contributed by atoms with van der Waals surface area (Å²) in [5, 5.41) is 0. The number of allylic oxidation sites excluding steroid dienone is 4. The van der Waals surface area contributed by atoms with E-state index in [-0.39, 0.29) is 10.2 Å². The minimum absolute atomic E-state index is 0.103. The van der Waals surface area contributed by atoms with Crippen molar-refractivity contribution in [3.05, 3.63) is 83.5 Å². The molecular weight excluding hydrogens is 444 g/mol. The van der Waals surface area contributed by atoms with Crippen LogP contribution in [0.5, 0.6) is 0 Å². The van der Waals surface area contributed by atoms with Gasteiger partial charge in [0.15, 0.2) is 0 Å². The molecule has 1 aromatic carbocycles. The zero-order valence-electron chi connectivity index (χ0n) is 19.2. The lowest BCUT2D eigenvalue weighted by molar-refractivity contribution is 0.587. The second kappa shape index (κ2) is 12.3. The molecule has 0 amide bonds. The number of unbranched alkanes of at least 4 members (excludes halogenated alkanes) is 4. The third-order valence-corrected chi connectivity index (χ3v) is 7.44. The van der Waals surface area contributed by atoms with E-state index in [9.17, 15) is 0 Å². The number of nitrogens with zero attached hydrogens (tertiary/aromatic N) is 2. The van der Waals surface area contributed by atoms with Gasteiger partial charge in [-0.3, -0.25) is 0 Å². The summed E-state index contributed by atoms with van der Waals surface area (Å²) in [6.07, 6.45) is 24.7. The summed E-state index contributed by atoms with van der Waals surface area (Å²) in [4.78, 5) is 9.32. The summed E-state index contributed by atoms with van der Waals surface area (Å²) in [5.74, 6) is 1.21. The molecule has 31 heavy (non-hydrogen) atoms. The van der Waals surface area contributed by atoms with Gasteiger partial charge in [-0.15, -0.1) is 0 Å². The number of rotatable bonds is 12. The Kier molecular flexibility index (Phi) is 9.52. The number of hydrogen-bond donors (Lipinski definition) is 0. The van der Waals surface area contributed by atoms with Crippen LogP contribution in [0.3, 0.4) is 0 Å². The van der Waals surface area contributed by atoms with E-state index in [1.165, 1.54) is 61.6 Å². The van der Waals surface area contributed by atoms with Gasteiger partial charge >= 0.3 is 0 Å². The molecule has 0 spiro atoms. The Labute approximate surface area is 197 Å². The second-order valence-corrected chi connectivity index (χ2v) is 10.3. The van der Waals surface area contributed by atoms with Crippen molar-refractivity contribution in [2.24, 2.45) is 0 Å². The van der Waals surface area contributed by atoms with Crippen LogP contribution in [0.4, 0.5) is 0 Å². The van der Waals surface area contributed by atoms with E-state index in [1.807, 2.05) is 12.4 Å². The molecule has 0 radical (unpaired) electrons. The largest absolute Gasteiger partial charge is 0.241 e. The van der Waals surface area contributed by atoms with Gasteiger partial charge in [-0.05, 0) is 48.8 Å². The van der Waals surface area contributed by atoms with Crippen molar-refractivity contribution in [1.29, 1.82) is 0 Å². The predicted octanol–water partition coefficient (Wildman–Crippen LogP) is 7.92. The quantitative estimate of drug-likeness (QED) is 0.227. The Balaban J connectivity index is 1.61. The van der Waals surface area contributed by atoms with Crippen molar-refractivity contribution < 1.29 is 0 Å². The lowest BCUT2D eigenvalue weighted by Gasteiger charge is -2.33. The van der Waals surface area contributed by atoms with Crippen molar-refractivity contribution in [1.82, 2.24) is 9.97 Å². The molecule has 2 atom stereocenters. The molecule has 0 N–H and O–H groups in total. The summed E-state index contributed by atoms with van der Waals surface area (Å²) in [7, 11) is 0. The molecule has 2 unspecified atom stereocenters. The van der Waals surface area contributed by atoms with Gasteiger partial charge in [0.05, 0.1) is 4.32 Å². The van der Waals surface area contributed by atoms with E-state index in [0.29, 0.717) is 0 Å². The first-order valence-electron chi connectivity index (χ1n) is 12.1. The Morgan fingerprint density at radius 1 is 0.806 bits per heavy atom. The molecule has 3 rings (SSSR count). The third kappa shape index (κ3) is 7.14. The third-order valence-electron chi connectivity index (χ3n) is 6.28. The number of aryl methyl sites for hydroxylation is 3. The summed E-state index contributed by atoms with van der Waals surface area (Å²) >= 11 is 4.09. The standard InChI is InChI=1S/C28H37BrN2/c1-3-5-7-11-23-14-16-24(17-15-23)18-20-28(29)19-10-9-12-26(28)25-21-30-27(31-22-25)13-8-6-4-2/h9-10,12,14-17,19,21-22,26H,3-8,11,13,18,20H2,1-2H3. The average Bonchev–Trinajstić information content (AvgIpc) is 2.80. The van der Waals surface area contributed by atoms with Gasteiger partial charge < -0.3 is 0 Å².